The van der Waals surface area contributed by atoms with E-state index in [1.807, 2.05) is 30.3 Å². The fourth-order valence-electron chi connectivity index (χ4n) is 2.57. The van der Waals surface area contributed by atoms with Crippen molar-refractivity contribution in [3.63, 3.8) is 0 Å². The van der Waals surface area contributed by atoms with Crippen molar-refractivity contribution in [2.24, 2.45) is 0 Å². The molecule has 0 bridgehead atoms. The summed E-state index contributed by atoms with van der Waals surface area (Å²) in [6.07, 6.45) is 7.27. The predicted molar refractivity (Wildman–Crippen MR) is 104 cm³/mol. The Hall–Kier alpha value is -3.19. The minimum Gasteiger partial charge on any atom is -0.309 e. The first-order valence-corrected chi connectivity index (χ1v) is 7.96. The van der Waals surface area contributed by atoms with E-state index in [0.29, 0.717) is 0 Å². The van der Waals surface area contributed by atoms with Gasteiger partial charge in [-0.2, -0.15) is 0 Å². The van der Waals surface area contributed by atoms with Gasteiger partial charge in [0.05, 0.1) is 0 Å². The lowest BCUT2D eigenvalue weighted by atomic mass is 10.0. The van der Waals surface area contributed by atoms with Crippen LogP contribution in [0.3, 0.4) is 0 Å². The van der Waals surface area contributed by atoms with Crippen LogP contribution in [0.5, 0.6) is 0 Å². The van der Waals surface area contributed by atoms with Gasteiger partial charge in [-0.3, -0.25) is 0 Å². The molecule has 1 heteroatoms. The van der Waals surface area contributed by atoms with Crippen molar-refractivity contribution in [1.29, 1.82) is 5.41 Å². The van der Waals surface area contributed by atoms with E-state index in [0.717, 1.165) is 16.7 Å². The Morgan fingerprint density at radius 2 is 1.25 bits per heavy atom. The van der Waals surface area contributed by atoms with Crippen molar-refractivity contribution < 1.29 is 0 Å². The summed E-state index contributed by atoms with van der Waals surface area (Å²) >= 11 is 0. The molecule has 0 atom stereocenters. The zero-order valence-corrected chi connectivity index (χ0v) is 13.4. The molecule has 0 radical (unpaired) electrons. The molecular weight excluding hydrogens is 290 g/mol. The second-order valence-corrected chi connectivity index (χ2v) is 5.48. The standard InChI is InChI=1S/C23H19N/c24-18-17-23(21-9-5-2-6-10-21)16-13-19-11-14-22(15-12-19)20-7-3-1-4-8-20/h1-18,24H/b16-13-,23-17+,24-18?. The summed E-state index contributed by atoms with van der Waals surface area (Å²) in [5, 5.41) is 7.35. The molecule has 0 spiro atoms. The van der Waals surface area contributed by atoms with E-state index in [2.05, 4.69) is 72.8 Å². The van der Waals surface area contributed by atoms with E-state index in [9.17, 15) is 0 Å². The van der Waals surface area contributed by atoms with Crippen LogP contribution in [0.1, 0.15) is 11.1 Å². The predicted octanol–water partition coefficient (Wildman–Crippen LogP) is 6.10. The van der Waals surface area contributed by atoms with E-state index >= 15 is 0 Å². The summed E-state index contributed by atoms with van der Waals surface area (Å²) in [5.74, 6) is 0. The van der Waals surface area contributed by atoms with Crippen molar-refractivity contribution in [2.75, 3.05) is 0 Å². The third kappa shape index (κ3) is 3.96. The lowest BCUT2D eigenvalue weighted by Gasteiger charge is -2.03. The van der Waals surface area contributed by atoms with Crippen LogP contribution in [0, 0.1) is 5.41 Å². The Labute approximate surface area is 143 Å². The fraction of sp³-hybridized carbons (Fsp3) is 0. The number of nitrogens with one attached hydrogen (secondary N) is 1. The van der Waals surface area contributed by atoms with E-state index in [4.69, 9.17) is 5.41 Å². The second kappa shape index (κ2) is 7.89. The summed E-state index contributed by atoms with van der Waals surface area (Å²) < 4.78 is 0. The first-order valence-electron chi connectivity index (χ1n) is 7.96. The number of hydrogen-bond donors (Lipinski definition) is 1. The maximum atomic E-state index is 7.35. The molecule has 0 saturated heterocycles. The quantitative estimate of drug-likeness (QED) is 0.435. The zero-order valence-electron chi connectivity index (χ0n) is 13.4. The van der Waals surface area contributed by atoms with Crippen LogP contribution in [0.15, 0.2) is 97.1 Å². The zero-order chi connectivity index (χ0) is 16.6. The summed E-state index contributed by atoms with van der Waals surface area (Å²) in [7, 11) is 0. The molecule has 3 aromatic rings. The highest BCUT2D eigenvalue weighted by molar-refractivity contribution is 5.89. The van der Waals surface area contributed by atoms with Crippen LogP contribution >= 0.6 is 0 Å². The van der Waals surface area contributed by atoms with Crippen LogP contribution in [0.25, 0.3) is 22.8 Å². The number of rotatable bonds is 5. The summed E-state index contributed by atoms with van der Waals surface area (Å²) in [6.45, 7) is 0. The molecule has 1 N–H and O–H groups in total. The van der Waals surface area contributed by atoms with Crippen LogP contribution in [-0.4, -0.2) is 6.21 Å². The molecular formula is C23H19N. The maximum absolute atomic E-state index is 7.35. The van der Waals surface area contributed by atoms with E-state index < -0.39 is 0 Å². The van der Waals surface area contributed by atoms with Gasteiger partial charge in [0.15, 0.2) is 0 Å². The van der Waals surface area contributed by atoms with Gasteiger partial charge in [0.25, 0.3) is 0 Å². The largest absolute Gasteiger partial charge is 0.309 e. The molecule has 0 amide bonds. The SMILES string of the molecule is N=C/C=C(\C=C/c1ccc(-c2ccccc2)cc1)c1ccccc1. The third-order valence-corrected chi connectivity index (χ3v) is 3.84. The molecule has 0 aromatic heterocycles. The molecule has 0 aliphatic carbocycles. The Kier molecular flexibility index (Phi) is 5.16. The molecule has 0 aliphatic heterocycles. The van der Waals surface area contributed by atoms with Crippen molar-refractivity contribution in [1.82, 2.24) is 0 Å². The van der Waals surface area contributed by atoms with E-state index in [1.54, 1.807) is 0 Å². The molecule has 0 heterocycles. The highest BCUT2D eigenvalue weighted by Gasteiger charge is 1.98. The third-order valence-electron chi connectivity index (χ3n) is 3.84. The fourth-order valence-corrected chi connectivity index (χ4v) is 2.57. The molecule has 1 nitrogen and oxygen atoms in total. The van der Waals surface area contributed by atoms with Crippen molar-refractivity contribution in [2.45, 2.75) is 0 Å². The molecule has 0 fully saturated rings. The van der Waals surface area contributed by atoms with Gasteiger partial charge < -0.3 is 5.41 Å². The van der Waals surface area contributed by atoms with E-state index in [-0.39, 0.29) is 0 Å². The summed E-state index contributed by atoms with van der Waals surface area (Å²) in [5.41, 5.74) is 5.71. The van der Waals surface area contributed by atoms with Gasteiger partial charge in [-0.15, -0.1) is 0 Å². The smallest absolute Gasteiger partial charge is 0.0183 e. The Morgan fingerprint density at radius 1 is 0.667 bits per heavy atom. The average molecular weight is 309 g/mol. The average Bonchev–Trinajstić information content (AvgIpc) is 2.67. The first kappa shape index (κ1) is 15.7. The molecule has 3 aromatic carbocycles. The van der Waals surface area contributed by atoms with Gasteiger partial charge in [0.1, 0.15) is 0 Å². The number of hydrogen-bond acceptors (Lipinski definition) is 1. The molecule has 3 rings (SSSR count). The lowest BCUT2D eigenvalue weighted by Crippen LogP contribution is -1.82. The Morgan fingerprint density at radius 3 is 1.88 bits per heavy atom. The van der Waals surface area contributed by atoms with Gasteiger partial charge in [-0.1, -0.05) is 97.1 Å². The summed E-state index contributed by atoms with van der Waals surface area (Å²) in [6, 6.07) is 29.0. The highest BCUT2D eigenvalue weighted by atomic mass is 14.3. The lowest BCUT2D eigenvalue weighted by molar-refractivity contribution is 1.57. The Bertz CT molecular complexity index is 842. The molecule has 24 heavy (non-hydrogen) atoms. The van der Waals surface area contributed by atoms with E-state index in [1.165, 1.54) is 17.3 Å². The van der Waals surface area contributed by atoms with Crippen LogP contribution in [0.2, 0.25) is 0 Å². The molecule has 0 aliphatic rings. The molecule has 0 unspecified atom stereocenters. The molecule has 0 saturated carbocycles. The maximum Gasteiger partial charge on any atom is 0.0183 e. The minimum absolute atomic E-state index is 1.03. The van der Waals surface area contributed by atoms with Gasteiger partial charge in [0, 0.05) is 6.21 Å². The van der Waals surface area contributed by atoms with Crippen molar-refractivity contribution in [3.8, 4) is 11.1 Å². The van der Waals surface area contributed by atoms with Gasteiger partial charge in [-0.05, 0) is 33.9 Å². The second-order valence-electron chi connectivity index (χ2n) is 5.48. The summed E-state index contributed by atoms with van der Waals surface area (Å²) in [4.78, 5) is 0. The molecule has 116 valence electrons. The van der Waals surface area contributed by atoms with Crippen LogP contribution in [0.4, 0.5) is 0 Å². The highest BCUT2D eigenvalue weighted by Crippen LogP contribution is 2.21. The van der Waals surface area contributed by atoms with Crippen molar-refractivity contribution in [3.05, 3.63) is 108 Å². The number of benzene rings is 3. The van der Waals surface area contributed by atoms with Crippen molar-refractivity contribution >= 4 is 17.9 Å². The van der Waals surface area contributed by atoms with Gasteiger partial charge in [-0.25, -0.2) is 0 Å². The van der Waals surface area contributed by atoms with Crippen LogP contribution in [-0.2, 0) is 0 Å². The first-order chi connectivity index (χ1) is 11.9. The Balaban J connectivity index is 1.81. The van der Waals surface area contributed by atoms with Gasteiger partial charge >= 0.3 is 0 Å². The van der Waals surface area contributed by atoms with Crippen LogP contribution < -0.4 is 0 Å². The normalized spacial score (nSPS) is 11.6. The number of allylic oxidation sites excluding steroid dienone is 3. The monoisotopic (exact) mass is 309 g/mol. The topological polar surface area (TPSA) is 23.9 Å². The van der Waals surface area contributed by atoms with Gasteiger partial charge in [0.2, 0.25) is 0 Å². The minimum atomic E-state index is 1.03.